The van der Waals surface area contributed by atoms with Crippen LogP contribution in [0.2, 0.25) is 0 Å². The second-order valence-electron chi connectivity index (χ2n) is 5.58. The molecule has 0 saturated heterocycles. The van der Waals surface area contributed by atoms with Gasteiger partial charge in [-0.2, -0.15) is 5.26 Å². The molecule has 0 radical (unpaired) electrons. The number of aryl methyl sites for hydroxylation is 1. The zero-order valence-electron chi connectivity index (χ0n) is 13.4. The summed E-state index contributed by atoms with van der Waals surface area (Å²) in [6.07, 6.45) is 6.43. The first-order chi connectivity index (χ1) is 11.7. The molecule has 2 aliphatic rings. The predicted octanol–water partition coefficient (Wildman–Crippen LogP) is 3.60. The van der Waals surface area contributed by atoms with Crippen LogP contribution >= 0.6 is 11.8 Å². The van der Waals surface area contributed by atoms with Crippen LogP contribution in [-0.2, 0) is 0 Å². The SMILES string of the molecule is Cc1ccccc1C1C(C#N)=C(C2=CCC=CS2)N=C(N)/C1=C\N. The molecule has 0 aromatic heterocycles. The number of amidine groups is 1. The van der Waals surface area contributed by atoms with Crippen LogP contribution in [0.1, 0.15) is 23.5 Å². The van der Waals surface area contributed by atoms with E-state index in [-0.39, 0.29) is 5.92 Å². The smallest absolute Gasteiger partial charge is 0.129 e. The van der Waals surface area contributed by atoms with Gasteiger partial charge in [-0.1, -0.05) is 48.2 Å². The molecule has 1 aromatic rings. The third-order valence-electron chi connectivity index (χ3n) is 4.15. The Morgan fingerprint density at radius 2 is 2.17 bits per heavy atom. The van der Waals surface area contributed by atoms with Crippen molar-refractivity contribution in [2.24, 2.45) is 16.5 Å². The number of nitriles is 1. The molecule has 2 aliphatic heterocycles. The van der Waals surface area contributed by atoms with Gasteiger partial charge in [-0.25, -0.2) is 4.99 Å². The van der Waals surface area contributed by atoms with Gasteiger partial charge in [0.2, 0.25) is 0 Å². The molecule has 1 unspecified atom stereocenters. The highest BCUT2D eigenvalue weighted by molar-refractivity contribution is 8.06. The normalized spacial score (nSPS) is 22.2. The Kier molecular flexibility index (Phi) is 4.59. The van der Waals surface area contributed by atoms with E-state index in [1.165, 1.54) is 6.20 Å². The monoisotopic (exact) mass is 334 g/mol. The third kappa shape index (κ3) is 2.77. The maximum atomic E-state index is 9.87. The fourth-order valence-corrected chi connectivity index (χ4v) is 3.77. The van der Waals surface area contributed by atoms with Crippen LogP contribution in [0.25, 0.3) is 0 Å². The van der Waals surface area contributed by atoms with Gasteiger partial charge in [-0.15, -0.1) is 0 Å². The first kappa shape index (κ1) is 16.2. The van der Waals surface area contributed by atoms with Crippen LogP contribution in [0, 0.1) is 18.3 Å². The van der Waals surface area contributed by atoms with E-state index in [0.29, 0.717) is 22.7 Å². The highest BCUT2D eigenvalue weighted by atomic mass is 32.2. The molecule has 4 nitrogen and oxygen atoms in total. The summed E-state index contributed by atoms with van der Waals surface area (Å²) >= 11 is 1.56. The predicted molar refractivity (Wildman–Crippen MR) is 99.9 cm³/mol. The van der Waals surface area contributed by atoms with E-state index >= 15 is 0 Å². The standard InChI is InChI=1S/C19H18N4S/c1-12-6-2-3-7-13(12)17-14(10-20)18(16-8-4-5-9-24-16)23-19(22)15(17)11-21/h2-3,5-9,11,17H,4,21H2,1H3,(H2,22,23)/b15-11-. The van der Waals surface area contributed by atoms with Crippen LogP contribution in [0.4, 0.5) is 0 Å². The van der Waals surface area contributed by atoms with E-state index in [4.69, 9.17) is 11.5 Å². The minimum absolute atomic E-state index is 0.291. The van der Waals surface area contributed by atoms with E-state index in [0.717, 1.165) is 22.5 Å². The Hall–Kier alpha value is -2.71. The van der Waals surface area contributed by atoms with Crippen LogP contribution in [0.5, 0.6) is 0 Å². The molecule has 2 heterocycles. The second-order valence-corrected chi connectivity index (χ2v) is 6.52. The maximum Gasteiger partial charge on any atom is 0.129 e. The van der Waals surface area contributed by atoms with Crippen LogP contribution in [-0.4, -0.2) is 5.84 Å². The van der Waals surface area contributed by atoms with Crippen molar-refractivity contribution >= 4 is 17.6 Å². The molecule has 5 heteroatoms. The summed E-state index contributed by atoms with van der Waals surface area (Å²) in [4.78, 5) is 5.46. The summed E-state index contributed by atoms with van der Waals surface area (Å²) in [7, 11) is 0. The van der Waals surface area contributed by atoms with E-state index in [9.17, 15) is 5.26 Å². The lowest BCUT2D eigenvalue weighted by molar-refractivity contribution is 0.931. The van der Waals surface area contributed by atoms with Gasteiger partial charge in [-0.05, 0) is 29.9 Å². The van der Waals surface area contributed by atoms with E-state index in [1.54, 1.807) is 11.8 Å². The molecular formula is C19H18N4S. The summed E-state index contributed by atoms with van der Waals surface area (Å²) in [5, 5.41) is 11.9. The van der Waals surface area contributed by atoms with Gasteiger partial charge in [-0.3, -0.25) is 0 Å². The number of hydrogen-bond donors (Lipinski definition) is 2. The van der Waals surface area contributed by atoms with Crippen molar-refractivity contribution in [2.45, 2.75) is 19.3 Å². The molecular weight excluding hydrogens is 316 g/mol. The number of benzene rings is 1. The number of nitrogens with two attached hydrogens (primary N) is 2. The summed E-state index contributed by atoms with van der Waals surface area (Å²) in [5.41, 5.74) is 16.1. The second kappa shape index (κ2) is 6.81. The van der Waals surface area contributed by atoms with Crippen molar-refractivity contribution in [3.05, 3.63) is 80.9 Å². The van der Waals surface area contributed by atoms with Gasteiger partial charge in [0.15, 0.2) is 0 Å². The Bertz CT molecular complexity index is 866. The van der Waals surface area contributed by atoms with Gasteiger partial charge in [0.25, 0.3) is 0 Å². The minimum Gasteiger partial charge on any atom is -0.404 e. The number of thioether (sulfide) groups is 1. The Balaban J connectivity index is 2.23. The van der Waals surface area contributed by atoms with Gasteiger partial charge < -0.3 is 11.5 Å². The van der Waals surface area contributed by atoms with E-state index < -0.39 is 0 Å². The molecule has 120 valence electrons. The first-order valence-corrected chi connectivity index (χ1v) is 8.53. The van der Waals surface area contributed by atoms with Gasteiger partial charge >= 0.3 is 0 Å². The molecule has 1 atom stereocenters. The van der Waals surface area contributed by atoms with Crippen molar-refractivity contribution in [1.29, 1.82) is 5.26 Å². The van der Waals surface area contributed by atoms with E-state index in [1.807, 2.05) is 36.6 Å². The summed E-state index contributed by atoms with van der Waals surface area (Å²) in [6, 6.07) is 10.3. The number of allylic oxidation sites excluding steroid dienone is 3. The Morgan fingerprint density at radius 3 is 2.79 bits per heavy atom. The Labute approximate surface area is 145 Å². The topological polar surface area (TPSA) is 88.2 Å². The largest absolute Gasteiger partial charge is 0.404 e. The molecule has 0 bridgehead atoms. The molecule has 1 aromatic carbocycles. The average molecular weight is 334 g/mol. The highest BCUT2D eigenvalue weighted by Crippen LogP contribution is 2.43. The number of nitrogens with zero attached hydrogens (tertiary/aromatic N) is 2. The molecule has 3 rings (SSSR count). The van der Waals surface area contributed by atoms with Crippen LogP contribution in [0.3, 0.4) is 0 Å². The molecule has 0 spiro atoms. The van der Waals surface area contributed by atoms with Crippen molar-refractivity contribution in [2.75, 3.05) is 0 Å². The fraction of sp³-hybridized carbons (Fsp3) is 0.158. The van der Waals surface area contributed by atoms with Crippen molar-refractivity contribution in [1.82, 2.24) is 0 Å². The Morgan fingerprint density at radius 1 is 1.38 bits per heavy atom. The lowest BCUT2D eigenvalue weighted by atomic mass is 9.80. The maximum absolute atomic E-state index is 9.87. The van der Waals surface area contributed by atoms with E-state index in [2.05, 4.69) is 23.2 Å². The molecule has 24 heavy (non-hydrogen) atoms. The molecule has 4 N–H and O–H groups in total. The van der Waals surface area contributed by atoms with Crippen LogP contribution in [0.15, 0.2) is 74.8 Å². The van der Waals surface area contributed by atoms with Gasteiger partial charge in [0, 0.05) is 16.7 Å². The number of aliphatic imine (C=N–C) groups is 1. The number of rotatable bonds is 2. The van der Waals surface area contributed by atoms with Gasteiger partial charge in [0.05, 0.1) is 23.3 Å². The summed E-state index contributed by atoms with van der Waals surface area (Å²) < 4.78 is 0. The van der Waals surface area contributed by atoms with Crippen molar-refractivity contribution in [3.63, 3.8) is 0 Å². The zero-order chi connectivity index (χ0) is 17.1. The average Bonchev–Trinajstić information content (AvgIpc) is 2.62. The molecule has 0 fully saturated rings. The first-order valence-electron chi connectivity index (χ1n) is 7.65. The molecule has 0 aliphatic carbocycles. The summed E-state index contributed by atoms with van der Waals surface area (Å²) in [5.74, 6) is 0.0805. The lowest BCUT2D eigenvalue weighted by Crippen LogP contribution is -2.27. The zero-order valence-corrected chi connectivity index (χ0v) is 14.2. The third-order valence-corrected chi connectivity index (χ3v) is 5.09. The van der Waals surface area contributed by atoms with Crippen molar-refractivity contribution < 1.29 is 0 Å². The number of hydrogen-bond acceptors (Lipinski definition) is 5. The lowest BCUT2D eigenvalue weighted by Gasteiger charge is -2.27. The summed E-state index contributed by atoms with van der Waals surface area (Å²) in [6.45, 7) is 2.03. The van der Waals surface area contributed by atoms with Crippen LogP contribution < -0.4 is 11.5 Å². The van der Waals surface area contributed by atoms with Crippen molar-refractivity contribution in [3.8, 4) is 6.07 Å². The van der Waals surface area contributed by atoms with Gasteiger partial charge in [0.1, 0.15) is 5.84 Å². The fourth-order valence-electron chi connectivity index (χ4n) is 2.96. The molecule has 0 saturated carbocycles. The quantitative estimate of drug-likeness (QED) is 0.865. The minimum atomic E-state index is -0.291. The highest BCUT2D eigenvalue weighted by Gasteiger charge is 2.32. The molecule has 0 amide bonds.